The molecule has 0 atom stereocenters. The van der Waals surface area contributed by atoms with Crippen LogP contribution < -0.4 is 10.6 Å². The summed E-state index contributed by atoms with van der Waals surface area (Å²) < 4.78 is 13.6. The van der Waals surface area contributed by atoms with Crippen LogP contribution in [0, 0.1) is 12.7 Å². The Morgan fingerprint density at radius 2 is 1.97 bits per heavy atom. The number of nitrogens with one attached hydrogen (secondary N) is 3. The molecule has 3 aromatic rings. The number of fused-ring (bicyclic) bond motifs is 1. The summed E-state index contributed by atoms with van der Waals surface area (Å²) in [6.45, 7) is 4.85. The molecule has 0 spiro atoms. The van der Waals surface area contributed by atoms with Crippen molar-refractivity contribution < 1.29 is 14.0 Å². The fourth-order valence-electron chi connectivity index (χ4n) is 4.17. The quantitative estimate of drug-likeness (QED) is 0.478. The molecule has 0 radical (unpaired) electrons. The second-order valence-electron chi connectivity index (χ2n) is 8.59. The molecule has 9 nitrogen and oxygen atoms in total. The number of nitrogens with zero attached hydrogens (tertiary/aromatic N) is 4. The van der Waals surface area contributed by atoms with Gasteiger partial charge in [0.25, 0.3) is 11.8 Å². The fourth-order valence-corrected chi connectivity index (χ4v) is 4.35. The summed E-state index contributed by atoms with van der Waals surface area (Å²) in [5, 5.41) is 5.78. The minimum absolute atomic E-state index is 0.0370. The van der Waals surface area contributed by atoms with Crippen molar-refractivity contribution in [3.8, 4) is 0 Å². The van der Waals surface area contributed by atoms with E-state index in [1.807, 2.05) is 24.9 Å². The Labute approximate surface area is 206 Å². The molecule has 0 aliphatic carbocycles. The van der Waals surface area contributed by atoms with Gasteiger partial charge >= 0.3 is 0 Å². The van der Waals surface area contributed by atoms with Crippen molar-refractivity contribution in [1.82, 2.24) is 24.8 Å². The number of aromatic amines is 1. The van der Waals surface area contributed by atoms with Crippen LogP contribution in [0.2, 0.25) is 5.02 Å². The Balaban J connectivity index is 1.46. The number of anilines is 3. The molecule has 1 saturated heterocycles. The minimum atomic E-state index is -0.536. The van der Waals surface area contributed by atoms with Crippen LogP contribution in [0.15, 0.2) is 30.6 Å². The van der Waals surface area contributed by atoms with Crippen molar-refractivity contribution in [3.05, 3.63) is 63.9 Å². The number of likely N-dealkylation sites (N-methyl/N-ethyl adjacent to an activating group) is 1. The number of H-pyrrole nitrogens is 1. The molecular weight excluding hydrogens is 473 g/mol. The summed E-state index contributed by atoms with van der Waals surface area (Å²) in [6, 6.07) is 6.03. The van der Waals surface area contributed by atoms with E-state index in [1.54, 1.807) is 6.08 Å². The maximum absolute atomic E-state index is 13.6. The molecule has 1 fully saturated rings. The first kappa shape index (κ1) is 23.0. The van der Waals surface area contributed by atoms with Crippen LogP contribution in [0.25, 0.3) is 11.6 Å². The van der Waals surface area contributed by atoms with Gasteiger partial charge in [-0.2, -0.15) is 0 Å². The molecule has 2 aliphatic heterocycles. The van der Waals surface area contributed by atoms with Crippen LogP contribution >= 0.6 is 11.6 Å². The number of benzene rings is 1. The summed E-state index contributed by atoms with van der Waals surface area (Å²) in [5.74, 6) is -0.231. The van der Waals surface area contributed by atoms with Crippen molar-refractivity contribution in [2.24, 2.45) is 0 Å². The van der Waals surface area contributed by atoms with Gasteiger partial charge in [-0.25, -0.2) is 14.4 Å². The van der Waals surface area contributed by atoms with Crippen molar-refractivity contribution >= 4 is 52.4 Å². The van der Waals surface area contributed by atoms with Gasteiger partial charge in [-0.1, -0.05) is 11.6 Å². The molecule has 35 heavy (non-hydrogen) atoms. The molecule has 5 rings (SSSR count). The highest BCUT2D eigenvalue weighted by atomic mass is 35.5. The Kier molecular flexibility index (Phi) is 6.00. The average molecular weight is 496 g/mol. The van der Waals surface area contributed by atoms with E-state index in [4.69, 9.17) is 11.6 Å². The highest BCUT2D eigenvalue weighted by molar-refractivity contribution is 6.35. The number of piperazine rings is 1. The third-order valence-corrected chi connectivity index (χ3v) is 6.41. The van der Waals surface area contributed by atoms with Gasteiger partial charge in [0.05, 0.1) is 16.2 Å². The first-order valence-corrected chi connectivity index (χ1v) is 11.5. The zero-order valence-electron chi connectivity index (χ0n) is 19.2. The molecule has 0 unspecified atom stereocenters. The Morgan fingerprint density at radius 3 is 2.71 bits per heavy atom. The van der Waals surface area contributed by atoms with E-state index in [-0.39, 0.29) is 16.8 Å². The number of carbonyl (C=O) groups excluding carboxylic acids is 2. The fraction of sp³-hybridized carbons (Fsp3) is 0.250. The monoisotopic (exact) mass is 495 g/mol. The van der Waals surface area contributed by atoms with E-state index in [0.717, 1.165) is 18.7 Å². The van der Waals surface area contributed by atoms with E-state index in [1.165, 1.54) is 24.5 Å². The van der Waals surface area contributed by atoms with Crippen LogP contribution in [-0.4, -0.2) is 69.8 Å². The summed E-state index contributed by atoms with van der Waals surface area (Å²) in [5.41, 5.74) is 3.21. The molecule has 1 aromatic carbocycles. The Hall–Kier alpha value is -3.76. The normalized spacial score (nSPS) is 17.0. The highest BCUT2D eigenvalue weighted by Gasteiger charge is 2.30. The molecular formula is C24H23ClFN7O2. The minimum Gasteiger partial charge on any atom is -0.351 e. The molecule has 4 heterocycles. The zero-order chi connectivity index (χ0) is 24.7. The lowest BCUT2D eigenvalue weighted by Crippen LogP contribution is -2.47. The number of hydrogen-bond donors (Lipinski definition) is 3. The number of hydrogen-bond acceptors (Lipinski definition) is 6. The number of aryl methyl sites for hydroxylation is 1. The third-order valence-electron chi connectivity index (χ3n) is 6.12. The number of rotatable bonds is 4. The third kappa shape index (κ3) is 4.50. The Bertz CT molecular complexity index is 1360. The second kappa shape index (κ2) is 9.12. The van der Waals surface area contributed by atoms with Gasteiger partial charge in [0.1, 0.15) is 29.5 Å². The van der Waals surface area contributed by atoms with E-state index in [9.17, 15) is 14.0 Å². The highest BCUT2D eigenvalue weighted by Crippen LogP contribution is 2.37. The summed E-state index contributed by atoms with van der Waals surface area (Å²) >= 11 is 5.90. The van der Waals surface area contributed by atoms with Gasteiger partial charge in [0.15, 0.2) is 0 Å². The van der Waals surface area contributed by atoms with Crippen LogP contribution in [0.5, 0.6) is 0 Å². The van der Waals surface area contributed by atoms with E-state index >= 15 is 0 Å². The molecule has 2 aromatic heterocycles. The van der Waals surface area contributed by atoms with Crippen molar-refractivity contribution in [2.45, 2.75) is 6.92 Å². The van der Waals surface area contributed by atoms with Crippen LogP contribution in [0.3, 0.4) is 0 Å². The van der Waals surface area contributed by atoms with Gasteiger partial charge in [0.2, 0.25) is 0 Å². The number of amides is 2. The lowest BCUT2D eigenvalue weighted by Gasteiger charge is -2.32. The van der Waals surface area contributed by atoms with Crippen LogP contribution in [0.1, 0.15) is 27.3 Å². The lowest BCUT2D eigenvalue weighted by molar-refractivity contribution is -0.110. The molecule has 0 bridgehead atoms. The molecule has 2 aliphatic rings. The Morgan fingerprint density at radius 1 is 1.20 bits per heavy atom. The topological polar surface area (TPSA) is 106 Å². The smallest absolute Gasteiger partial charge is 0.270 e. The first-order chi connectivity index (χ1) is 16.8. The predicted octanol–water partition coefficient (Wildman–Crippen LogP) is 3.53. The van der Waals surface area contributed by atoms with Crippen LogP contribution in [-0.2, 0) is 4.79 Å². The van der Waals surface area contributed by atoms with Crippen LogP contribution in [0.4, 0.5) is 21.7 Å². The van der Waals surface area contributed by atoms with Gasteiger partial charge < -0.3 is 25.4 Å². The molecule has 180 valence electrons. The van der Waals surface area contributed by atoms with Gasteiger partial charge in [-0.3, -0.25) is 9.59 Å². The number of halogens is 2. The average Bonchev–Trinajstić information content (AvgIpc) is 3.36. The van der Waals surface area contributed by atoms with Crippen molar-refractivity contribution in [2.75, 3.05) is 43.9 Å². The lowest BCUT2D eigenvalue weighted by atomic mass is 10.1. The maximum atomic E-state index is 13.6. The zero-order valence-corrected chi connectivity index (χ0v) is 19.9. The summed E-state index contributed by atoms with van der Waals surface area (Å²) in [4.78, 5) is 41.5. The maximum Gasteiger partial charge on any atom is 0.270 e. The standard InChI is InChI=1S/C24H23ClFN7O2/c1-13-9-15(29-20(13)24(35)33-7-5-32(2)6-8-33)10-16-19-21(27-12-28-22(19)31-23(16)34)30-14-3-4-18(26)17(25)11-14/h3-4,9-12,29H,5-8H2,1-2H3,(H2,27,28,30,31,34)/b16-10-. The summed E-state index contributed by atoms with van der Waals surface area (Å²) in [6.07, 6.45) is 2.99. The SMILES string of the molecule is Cc1cc(/C=C2\C(=O)Nc3ncnc(Nc4ccc(F)c(Cl)c4)c32)[nH]c1C(=O)N1CCN(C)CC1. The predicted molar refractivity (Wildman–Crippen MR) is 132 cm³/mol. The van der Waals surface area contributed by atoms with Gasteiger partial charge in [0, 0.05) is 37.6 Å². The molecule has 3 N–H and O–H groups in total. The van der Waals surface area contributed by atoms with Crippen molar-refractivity contribution in [3.63, 3.8) is 0 Å². The number of carbonyl (C=O) groups is 2. The van der Waals surface area contributed by atoms with Crippen molar-refractivity contribution in [1.29, 1.82) is 0 Å². The van der Waals surface area contributed by atoms with Gasteiger partial charge in [-0.15, -0.1) is 0 Å². The summed E-state index contributed by atoms with van der Waals surface area (Å²) in [7, 11) is 2.04. The second-order valence-corrected chi connectivity index (χ2v) is 9.00. The molecule has 11 heteroatoms. The number of aromatic nitrogens is 3. The molecule has 2 amide bonds. The van der Waals surface area contributed by atoms with E-state index < -0.39 is 5.82 Å². The van der Waals surface area contributed by atoms with E-state index in [2.05, 4.69) is 30.5 Å². The largest absolute Gasteiger partial charge is 0.351 e. The van der Waals surface area contributed by atoms with Gasteiger partial charge in [-0.05, 0) is 49.9 Å². The van der Waals surface area contributed by atoms with E-state index in [0.29, 0.717) is 52.9 Å². The first-order valence-electron chi connectivity index (χ1n) is 11.1. The molecule has 0 saturated carbocycles.